The Morgan fingerprint density at radius 2 is 1.61 bits per heavy atom. The first-order chi connectivity index (χ1) is 13.2. The first kappa shape index (κ1) is 18.5. The van der Waals surface area contributed by atoms with Crippen LogP contribution in [0.15, 0.2) is 59.5 Å². The Hall–Kier alpha value is -2.86. The van der Waals surface area contributed by atoms with E-state index in [-0.39, 0.29) is 16.4 Å². The molecule has 0 radical (unpaired) electrons. The number of sulfone groups is 1. The molecule has 1 atom stereocenters. The normalized spacial score (nSPS) is 20.1. The molecule has 0 amide bonds. The predicted octanol–water partition coefficient (Wildman–Crippen LogP) is 3.98. The molecule has 0 bridgehead atoms. The third kappa shape index (κ3) is 2.52. The number of halogens is 1. The molecule has 3 aromatic carbocycles. The fraction of sp³-hybridized carbons (Fsp3) is 0.182. The fourth-order valence-electron chi connectivity index (χ4n) is 4.08. The zero-order valence-corrected chi connectivity index (χ0v) is 16.2. The van der Waals surface area contributed by atoms with Gasteiger partial charge in [0.05, 0.1) is 16.1 Å². The lowest BCUT2D eigenvalue weighted by molar-refractivity contribution is 0.427. The topological polar surface area (TPSA) is 74.6 Å². The van der Waals surface area contributed by atoms with Gasteiger partial charge in [-0.05, 0) is 59.9 Å². The van der Waals surface area contributed by atoms with Gasteiger partial charge in [-0.15, -0.1) is 0 Å². The van der Waals surface area contributed by atoms with Gasteiger partial charge >= 0.3 is 0 Å². The van der Waals surface area contributed by atoms with Crippen molar-refractivity contribution in [3.05, 3.63) is 88.2 Å². The summed E-state index contributed by atoms with van der Waals surface area (Å²) in [5, 5.41) is 19.8. The van der Waals surface area contributed by atoms with E-state index >= 15 is 0 Å². The van der Waals surface area contributed by atoms with E-state index in [1.165, 1.54) is 12.1 Å². The summed E-state index contributed by atoms with van der Waals surface area (Å²) in [7, 11) is -3.62. The quantitative estimate of drug-likeness (QED) is 0.685. The molecule has 1 unspecified atom stereocenters. The Labute approximate surface area is 162 Å². The van der Waals surface area contributed by atoms with Gasteiger partial charge in [0.25, 0.3) is 0 Å². The highest BCUT2D eigenvalue weighted by Gasteiger charge is 2.49. The number of aromatic hydroxyl groups is 2. The number of benzene rings is 3. The van der Waals surface area contributed by atoms with Crippen LogP contribution in [0, 0.1) is 19.7 Å². The summed E-state index contributed by atoms with van der Waals surface area (Å²) in [6.07, 6.45) is 0. The van der Waals surface area contributed by atoms with E-state index in [0.29, 0.717) is 27.8 Å². The minimum atomic E-state index is -3.62. The molecule has 3 aromatic rings. The van der Waals surface area contributed by atoms with Crippen molar-refractivity contribution in [3.63, 3.8) is 0 Å². The molecule has 1 aliphatic heterocycles. The van der Waals surface area contributed by atoms with Gasteiger partial charge in [-0.25, -0.2) is 12.8 Å². The number of rotatable bonds is 2. The predicted molar refractivity (Wildman–Crippen MR) is 104 cm³/mol. The van der Waals surface area contributed by atoms with Crippen molar-refractivity contribution < 1.29 is 23.0 Å². The standard InChI is InChI=1S/C22H19FO4S/c1-13-9-15(7-8-19(13)24)22(16-10-14(2)21(25)18(23)11-16)12-28(26,27)20-6-4-3-5-17(20)22/h3-11,24-25H,12H2,1-2H3. The van der Waals surface area contributed by atoms with Gasteiger partial charge in [0.1, 0.15) is 5.75 Å². The minimum Gasteiger partial charge on any atom is -0.508 e. The van der Waals surface area contributed by atoms with Gasteiger partial charge in [-0.3, -0.25) is 0 Å². The Morgan fingerprint density at radius 3 is 2.29 bits per heavy atom. The summed E-state index contributed by atoms with van der Waals surface area (Å²) in [6, 6.07) is 14.4. The number of fused-ring (bicyclic) bond motifs is 1. The fourth-order valence-corrected chi connectivity index (χ4v) is 6.16. The van der Waals surface area contributed by atoms with E-state index < -0.39 is 26.8 Å². The smallest absolute Gasteiger partial charge is 0.180 e. The highest BCUT2D eigenvalue weighted by Crippen LogP contribution is 2.50. The van der Waals surface area contributed by atoms with Crippen LogP contribution in [0.2, 0.25) is 0 Å². The monoisotopic (exact) mass is 398 g/mol. The number of aryl methyl sites for hydroxylation is 2. The van der Waals surface area contributed by atoms with Crippen LogP contribution in [0.5, 0.6) is 11.5 Å². The van der Waals surface area contributed by atoms with Crippen LogP contribution in [0.25, 0.3) is 0 Å². The second-order valence-electron chi connectivity index (χ2n) is 7.29. The Morgan fingerprint density at radius 1 is 0.929 bits per heavy atom. The molecule has 1 aliphatic rings. The molecular formula is C22H19FO4S. The van der Waals surface area contributed by atoms with Gasteiger partial charge in [0, 0.05) is 0 Å². The second kappa shape index (κ2) is 6.07. The third-order valence-corrected chi connectivity index (χ3v) is 7.36. The summed E-state index contributed by atoms with van der Waals surface area (Å²) in [5.74, 6) is -1.41. The molecular weight excluding hydrogens is 379 g/mol. The maximum absolute atomic E-state index is 14.5. The Kier molecular flexibility index (Phi) is 4.01. The van der Waals surface area contributed by atoms with Gasteiger partial charge < -0.3 is 10.2 Å². The van der Waals surface area contributed by atoms with E-state index in [0.717, 1.165) is 0 Å². The van der Waals surface area contributed by atoms with Gasteiger partial charge in [-0.1, -0.05) is 36.4 Å². The zero-order valence-electron chi connectivity index (χ0n) is 15.4. The van der Waals surface area contributed by atoms with Crippen molar-refractivity contribution in [3.8, 4) is 11.5 Å². The van der Waals surface area contributed by atoms with Crippen LogP contribution < -0.4 is 0 Å². The Bertz CT molecular complexity index is 1190. The summed E-state index contributed by atoms with van der Waals surface area (Å²) in [5.41, 5.74) is 1.42. The van der Waals surface area contributed by atoms with Crippen LogP contribution in [-0.2, 0) is 15.3 Å². The molecule has 144 valence electrons. The SMILES string of the molecule is Cc1cc(C2(c3cc(C)c(O)c(F)c3)CS(=O)(=O)c3ccccc32)ccc1O. The maximum atomic E-state index is 14.5. The molecule has 4 nitrogen and oxygen atoms in total. The van der Waals surface area contributed by atoms with Crippen molar-refractivity contribution in [1.82, 2.24) is 0 Å². The zero-order chi connectivity index (χ0) is 20.3. The summed E-state index contributed by atoms with van der Waals surface area (Å²) >= 11 is 0. The lowest BCUT2D eigenvalue weighted by atomic mass is 9.70. The van der Waals surface area contributed by atoms with Crippen LogP contribution in [-0.4, -0.2) is 24.4 Å². The molecule has 0 saturated carbocycles. The van der Waals surface area contributed by atoms with Crippen molar-refractivity contribution in [2.75, 3.05) is 5.75 Å². The van der Waals surface area contributed by atoms with Gasteiger partial charge in [0.2, 0.25) is 0 Å². The van der Waals surface area contributed by atoms with Crippen molar-refractivity contribution in [2.45, 2.75) is 24.2 Å². The van der Waals surface area contributed by atoms with E-state index in [1.54, 1.807) is 56.3 Å². The molecule has 0 fully saturated rings. The van der Waals surface area contributed by atoms with Gasteiger partial charge in [-0.2, -0.15) is 0 Å². The highest BCUT2D eigenvalue weighted by atomic mass is 32.2. The number of phenolic OH excluding ortho intramolecular Hbond substituents is 2. The average Bonchev–Trinajstić information content (AvgIpc) is 2.90. The number of phenols is 2. The molecule has 4 rings (SSSR count). The van der Waals surface area contributed by atoms with Crippen molar-refractivity contribution in [2.24, 2.45) is 0 Å². The van der Waals surface area contributed by atoms with E-state index in [1.807, 2.05) is 0 Å². The van der Waals surface area contributed by atoms with Crippen LogP contribution in [0.3, 0.4) is 0 Å². The van der Waals surface area contributed by atoms with Gasteiger partial charge in [0.15, 0.2) is 21.4 Å². The van der Waals surface area contributed by atoms with Crippen LogP contribution >= 0.6 is 0 Å². The Balaban J connectivity index is 2.14. The van der Waals surface area contributed by atoms with Crippen molar-refractivity contribution in [1.29, 1.82) is 0 Å². The molecule has 28 heavy (non-hydrogen) atoms. The molecule has 6 heteroatoms. The van der Waals surface area contributed by atoms with E-state index in [2.05, 4.69) is 0 Å². The van der Waals surface area contributed by atoms with Crippen molar-refractivity contribution >= 4 is 9.84 Å². The molecule has 0 aromatic heterocycles. The van der Waals surface area contributed by atoms with Crippen LogP contribution in [0.4, 0.5) is 4.39 Å². The molecule has 0 aliphatic carbocycles. The maximum Gasteiger partial charge on any atom is 0.180 e. The molecule has 2 N–H and O–H groups in total. The lowest BCUT2D eigenvalue weighted by Gasteiger charge is -2.31. The summed E-state index contributed by atoms with van der Waals surface area (Å²) in [4.78, 5) is 0.215. The minimum absolute atomic E-state index is 0.0982. The number of hydrogen-bond donors (Lipinski definition) is 2. The third-order valence-electron chi connectivity index (χ3n) is 5.52. The van der Waals surface area contributed by atoms with E-state index in [4.69, 9.17) is 0 Å². The number of hydrogen-bond acceptors (Lipinski definition) is 4. The average molecular weight is 398 g/mol. The second-order valence-corrected chi connectivity index (χ2v) is 9.24. The summed E-state index contributed by atoms with van der Waals surface area (Å²) < 4.78 is 40.5. The molecule has 0 spiro atoms. The van der Waals surface area contributed by atoms with Crippen LogP contribution in [0.1, 0.15) is 27.8 Å². The lowest BCUT2D eigenvalue weighted by Crippen LogP contribution is -2.31. The molecule has 1 heterocycles. The largest absolute Gasteiger partial charge is 0.508 e. The first-order valence-electron chi connectivity index (χ1n) is 8.79. The molecule has 0 saturated heterocycles. The summed E-state index contributed by atoms with van der Waals surface area (Å²) in [6.45, 7) is 3.30. The first-order valence-corrected chi connectivity index (χ1v) is 10.4. The van der Waals surface area contributed by atoms with E-state index in [9.17, 15) is 23.0 Å². The highest BCUT2D eigenvalue weighted by molar-refractivity contribution is 7.91.